The number of carbonyl (C=O) groups is 2. The summed E-state index contributed by atoms with van der Waals surface area (Å²) in [6.07, 6.45) is 0. The highest BCUT2D eigenvalue weighted by atomic mass is 32.2. The third kappa shape index (κ3) is 6.13. The van der Waals surface area contributed by atoms with Crippen molar-refractivity contribution in [2.24, 2.45) is 0 Å². The molecule has 0 spiro atoms. The van der Waals surface area contributed by atoms with E-state index in [-0.39, 0.29) is 12.0 Å². The molecule has 23 heteroatoms. The van der Waals surface area contributed by atoms with E-state index in [0.29, 0.717) is 18.1 Å². The Kier molecular flexibility index (Phi) is 9.15. The van der Waals surface area contributed by atoms with E-state index in [1.807, 2.05) is 5.32 Å². The number of phenols is 3. The van der Waals surface area contributed by atoms with E-state index in [0.717, 1.165) is 0 Å². The summed E-state index contributed by atoms with van der Waals surface area (Å²) in [5, 5.41) is 60.2. The fraction of sp³-hybridized carbons (Fsp3) is 0.125. The first-order valence-electron chi connectivity index (χ1n) is 9.41. The highest BCUT2D eigenvalue weighted by molar-refractivity contribution is 7.95. The lowest BCUT2D eigenvalue weighted by Gasteiger charge is -2.26. The molecule has 0 saturated carbocycles. The third-order valence-corrected chi connectivity index (χ3v) is 7.32. The minimum Gasteiger partial charge on any atom is -0.506 e. The molecule has 2 aromatic rings. The maximum atomic E-state index is 13.5. The summed E-state index contributed by atoms with van der Waals surface area (Å²) in [6, 6.07) is 0.385. The van der Waals surface area contributed by atoms with Gasteiger partial charge in [0.15, 0.2) is 5.75 Å². The van der Waals surface area contributed by atoms with Gasteiger partial charge in [0.2, 0.25) is 11.6 Å². The largest absolute Gasteiger partial charge is 0.506 e. The summed E-state index contributed by atoms with van der Waals surface area (Å²) in [4.78, 5) is 25.0. The molecule has 0 bridgehead atoms. The molecule has 9 N–H and O–H groups in total. The van der Waals surface area contributed by atoms with E-state index in [1.165, 1.54) is 0 Å². The Labute approximate surface area is 224 Å². The number of hydrogen-bond donors (Lipinski definition) is 9. The average Bonchev–Trinajstić information content (AvgIpc) is 2.83. The van der Waals surface area contributed by atoms with Crippen molar-refractivity contribution < 1.29 is 80.1 Å². The van der Waals surface area contributed by atoms with Crippen molar-refractivity contribution in [2.45, 2.75) is 9.79 Å². The second-order valence-electron chi connectivity index (χ2n) is 7.02. The molecule has 0 fully saturated rings. The zero-order valence-corrected chi connectivity index (χ0v) is 21.6. The summed E-state index contributed by atoms with van der Waals surface area (Å²) in [6.45, 7) is 0. The van der Waals surface area contributed by atoms with Gasteiger partial charge in [0.05, 0.1) is 57.9 Å². The Morgan fingerprint density at radius 3 is 1.92 bits per heavy atom. The van der Waals surface area contributed by atoms with Crippen molar-refractivity contribution in [1.29, 1.82) is 0 Å². The van der Waals surface area contributed by atoms with Crippen LogP contribution in [0, 0.1) is 0 Å². The zero-order chi connectivity index (χ0) is 29.3. The molecule has 0 aliphatic heterocycles. The number of aromatic hydroxyl groups is 3. The van der Waals surface area contributed by atoms with Gasteiger partial charge >= 0.3 is 0 Å². The average molecular weight is 635 g/mol. The molecule has 0 saturated heterocycles. The number of hydrogen-bond acceptors (Lipinski definition) is 19. The van der Waals surface area contributed by atoms with Crippen LogP contribution in [-0.4, -0.2) is 75.1 Å². The second-order valence-corrected chi connectivity index (χ2v) is 11.2. The van der Waals surface area contributed by atoms with E-state index < -0.39 is 104 Å². The first kappa shape index (κ1) is 30.6. The molecule has 0 unspecified atom stereocenters. The summed E-state index contributed by atoms with van der Waals surface area (Å²) in [7, 11) is -10.1. The zero-order valence-electron chi connectivity index (χ0n) is 18.3. The molecule has 0 amide bonds. The minimum absolute atomic E-state index is 0.00710. The highest BCUT2D eigenvalue weighted by Gasteiger charge is 2.43. The lowest BCUT2D eigenvalue weighted by molar-refractivity contribution is -0.432. The fourth-order valence-corrected chi connectivity index (χ4v) is 5.22. The van der Waals surface area contributed by atoms with Gasteiger partial charge in [-0.05, 0) is 6.07 Å². The Bertz CT molecular complexity index is 1560. The van der Waals surface area contributed by atoms with Crippen molar-refractivity contribution in [3.05, 3.63) is 28.3 Å². The minimum atomic E-state index is -5.32. The molecule has 2 aromatic carbocycles. The maximum absolute atomic E-state index is 13.5. The van der Waals surface area contributed by atoms with Crippen LogP contribution < -0.4 is 10.6 Å². The van der Waals surface area contributed by atoms with Crippen LogP contribution in [0.1, 0.15) is 31.8 Å². The van der Waals surface area contributed by atoms with E-state index >= 15 is 0 Å². The topological polar surface area (TPSA) is 305 Å². The fourth-order valence-electron chi connectivity index (χ4n) is 3.44. The van der Waals surface area contributed by atoms with E-state index in [1.54, 1.807) is 0 Å². The molecule has 1 aliphatic rings. The van der Waals surface area contributed by atoms with Crippen molar-refractivity contribution in [3.8, 4) is 17.2 Å². The van der Waals surface area contributed by atoms with Crippen LogP contribution in [0.15, 0.2) is 15.9 Å². The van der Waals surface area contributed by atoms with E-state index in [2.05, 4.69) is 24.1 Å². The summed E-state index contributed by atoms with van der Waals surface area (Å²) >= 11 is 0.375. The van der Waals surface area contributed by atoms with Gasteiger partial charge in [0.25, 0.3) is 20.2 Å². The maximum Gasteiger partial charge on any atom is 0.298 e. The van der Waals surface area contributed by atoms with Crippen LogP contribution in [0.3, 0.4) is 0 Å². The quantitative estimate of drug-likeness (QED) is 0.0196. The van der Waals surface area contributed by atoms with Crippen LogP contribution in [-0.2, 0) is 39.0 Å². The standard InChI is InChI=1S/C16H14N2O17S4/c19-11-5(39(29,30)31)1-4(18-3-38(26,27)28)6-7(11)13(21)8-9(12(6)20)15(23)16(37-35-33-25)10(14(8)22)17-2-36-34-32-24/h1,17-19,22-25H,2-3H2,(H,26,27,28)(H,29,30,31). The number of anilines is 2. The Hall–Kier alpha value is -2.94. The summed E-state index contributed by atoms with van der Waals surface area (Å²) in [5.41, 5.74) is -5.41. The lowest BCUT2D eigenvalue weighted by Crippen LogP contribution is -2.26. The monoisotopic (exact) mass is 634 g/mol. The van der Waals surface area contributed by atoms with Crippen LogP contribution in [0.25, 0.3) is 0 Å². The number of ketones is 2. The van der Waals surface area contributed by atoms with Crippen LogP contribution in [0.2, 0.25) is 0 Å². The molecular formula is C16H14N2O17S4. The van der Waals surface area contributed by atoms with E-state index in [9.17, 15) is 46.3 Å². The molecule has 1 aliphatic carbocycles. The van der Waals surface area contributed by atoms with Crippen molar-refractivity contribution in [1.82, 2.24) is 0 Å². The van der Waals surface area contributed by atoms with Gasteiger partial charge in [0.1, 0.15) is 27.2 Å². The van der Waals surface area contributed by atoms with Gasteiger partial charge in [-0.25, -0.2) is 10.5 Å². The third-order valence-electron chi connectivity index (χ3n) is 4.83. The molecule has 0 heterocycles. The predicted octanol–water partition coefficient (Wildman–Crippen LogP) is 0.950. The molecule has 39 heavy (non-hydrogen) atoms. The van der Waals surface area contributed by atoms with Crippen LogP contribution in [0.5, 0.6) is 17.2 Å². The van der Waals surface area contributed by atoms with Crippen molar-refractivity contribution in [3.63, 3.8) is 0 Å². The Morgan fingerprint density at radius 1 is 0.795 bits per heavy atom. The van der Waals surface area contributed by atoms with Crippen LogP contribution in [0.4, 0.5) is 11.4 Å². The van der Waals surface area contributed by atoms with Gasteiger partial charge in [-0.15, -0.1) is 8.67 Å². The molecular weight excluding hydrogens is 620 g/mol. The number of nitrogens with one attached hydrogen (secondary N) is 2. The molecule has 19 nitrogen and oxygen atoms in total. The first-order valence-corrected chi connectivity index (χ1v) is 14.1. The molecule has 214 valence electrons. The molecule has 0 atom stereocenters. The molecule has 0 radical (unpaired) electrons. The van der Waals surface area contributed by atoms with Crippen molar-refractivity contribution in [2.75, 3.05) is 22.4 Å². The SMILES string of the molecule is O=C1c2c(O)c(S(=O)(=O)O)cc(NCS(=O)(=O)O)c2C(=O)c2c(O)c(SOOO)c(NCSOOO)c(O)c21. The van der Waals surface area contributed by atoms with Gasteiger partial charge < -0.3 is 26.0 Å². The van der Waals surface area contributed by atoms with Gasteiger partial charge in [-0.2, -0.15) is 16.8 Å². The molecule has 0 aromatic heterocycles. The number of phenolic OH excluding ortho intramolecular Hbond substituents is 3. The number of rotatable bonds is 12. The molecule has 3 rings (SSSR count). The predicted molar refractivity (Wildman–Crippen MR) is 126 cm³/mol. The number of benzene rings is 2. The lowest BCUT2D eigenvalue weighted by atomic mass is 9.81. The van der Waals surface area contributed by atoms with Gasteiger partial charge in [0, 0.05) is 5.69 Å². The Balaban J connectivity index is 2.35. The smallest absolute Gasteiger partial charge is 0.298 e. The summed E-state index contributed by atoms with van der Waals surface area (Å²) < 4.78 is 73.1. The number of fused-ring (bicyclic) bond motifs is 2. The van der Waals surface area contributed by atoms with Gasteiger partial charge in [-0.3, -0.25) is 18.7 Å². The second kappa shape index (κ2) is 11.7. The summed E-state index contributed by atoms with van der Waals surface area (Å²) in [5.74, 6) is -8.31. The van der Waals surface area contributed by atoms with E-state index in [4.69, 9.17) is 15.1 Å². The van der Waals surface area contributed by atoms with Crippen LogP contribution >= 0.6 is 24.1 Å². The van der Waals surface area contributed by atoms with Crippen molar-refractivity contribution >= 4 is 67.3 Å². The first-order chi connectivity index (χ1) is 18.2. The van der Waals surface area contributed by atoms with Gasteiger partial charge in [-0.1, -0.05) is 10.1 Å². The normalized spacial score (nSPS) is 13.2. The highest BCUT2D eigenvalue weighted by Crippen LogP contribution is 2.52. The Morgan fingerprint density at radius 2 is 1.36 bits per heavy atom. The number of carbonyl (C=O) groups excluding carboxylic acids is 2.